The molecule has 6 rings (SSSR count). The third-order valence-corrected chi connectivity index (χ3v) is 11.3. The molecule has 0 amide bonds. The van der Waals surface area contributed by atoms with Gasteiger partial charge in [-0.1, -0.05) is 20.8 Å². The van der Waals surface area contributed by atoms with Gasteiger partial charge in [0.2, 0.25) is 0 Å². The monoisotopic (exact) mass is 360 g/mol. The third kappa shape index (κ3) is 1.48. The lowest BCUT2D eigenvalue weighted by Gasteiger charge is -2.61. The van der Waals surface area contributed by atoms with Gasteiger partial charge in [0, 0.05) is 30.5 Å². The second-order valence-electron chi connectivity index (χ2n) is 11.4. The predicted octanol–water partition coefficient (Wildman–Crippen LogP) is 4.03. The van der Waals surface area contributed by atoms with Gasteiger partial charge in [-0.3, -0.25) is 0 Å². The molecule has 1 aliphatic heterocycles. The highest BCUT2D eigenvalue weighted by molar-refractivity contribution is 5.30. The Balaban J connectivity index is 1.39. The molecule has 0 unspecified atom stereocenters. The van der Waals surface area contributed by atoms with Crippen LogP contribution in [0.1, 0.15) is 65.7 Å². The molecule has 5 aliphatic carbocycles. The van der Waals surface area contributed by atoms with Gasteiger partial charge in [0.05, 0.1) is 12.2 Å². The molecule has 0 aromatic carbocycles. The van der Waals surface area contributed by atoms with Crippen LogP contribution in [0.25, 0.3) is 0 Å². The maximum absolute atomic E-state index is 9.91. The molecule has 6 fully saturated rings. The zero-order valence-electron chi connectivity index (χ0n) is 17.0. The molecule has 0 radical (unpaired) electrons. The van der Waals surface area contributed by atoms with Crippen LogP contribution < -0.4 is 0 Å². The van der Waals surface area contributed by atoms with Crippen LogP contribution in [-0.2, 0) is 9.47 Å². The highest BCUT2D eigenvalue weighted by Crippen LogP contribution is 2.83. The summed E-state index contributed by atoms with van der Waals surface area (Å²) < 4.78 is 12.6. The number of aliphatic hydroxyl groups is 1. The third-order valence-electron chi connectivity index (χ3n) is 11.3. The first-order chi connectivity index (χ1) is 12.4. The van der Waals surface area contributed by atoms with Gasteiger partial charge >= 0.3 is 0 Å². The summed E-state index contributed by atoms with van der Waals surface area (Å²) >= 11 is 0. The first kappa shape index (κ1) is 16.8. The van der Waals surface area contributed by atoms with Crippen molar-refractivity contribution in [2.24, 2.45) is 45.8 Å². The minimum absolute atomic E-state index is 0.0339. The van der Waals surface area contributed by atoms with Crippen molar-refractivity contribution in [2.45, 2.75) is 83.5 Å². The lowest BCUT2D eigenvalue weighted by molar-refractivity contribution is -0.174. The van der Waals surface area contributed by atoms with Crippen molar-refractivity contribution in [3.8, 4) is 0 Å². The van der Waals surface area contributed by atoms with E-state index < -0.39 is 0 Å². The van der Waals surface area contributed by atoms with Crippen molar-refractivity contribution in [1.82, 2.24) is 0 Å². The van der Waals surface area contributed by atoms with Crippen LogP contribution in [0.15, 0.2) is 0 Å². The largest absolute Gasteiger partial charge is 0.396 e. The number of hydrogen-bond donors (Lipinski definition) is 1. The van der Waals surface area contributed by atoms with Crippen molar-refractivity contribution in [3.05, 3.63) is 0 Å². The van der Waals surface area contributed by atoms with Gasteiger partial charge in [0.25, 0.3) is 0 Å². The van der Waals surface area contributed by atoms with Crippen molar-refractivity contribution in [1.29, 1.82) is 0 Å². The summed E-state index contributed by atoms with van der Waals surface area (Å²) in [5.41, 5.74) is 1.24. The average molecular weight is 361 g/mol. The van der Waals surface area contributed by atoms with E-state index in [-0.39, 0.29) is 23.5 Å². The van der Waals surface area contributed by atoms with E-state index in [1.165, 1.54) is 44.9 Å². The number of aliphatic hydroxyl groups excluding tert-OH is 1. The SMILES string of the molecule is CO[C@@H]1C[C@H]2[C@@H]3C[C@H]4O[C@@]4([C@H](C)CO)[C@@]3(C)CC[C@@H]2[C@@]2(C)CC[C@@H]3C[C@]312. The van der Waals surface area contributed by atoms with E-state index in [9.17, 15) is 5.11 Å². The highest BCUT2D eigenvalue weighted by Gasteiger charge is 2.82. The first-order valence-electron chi connectivity index (χ1n) is 11.2. The lowest BCUT2D eigenvalue weighted by atomic mass is 9.45. The van der Waals surface area contributed by atoms with Gasteiger partial charge in [-0.25, -0.2) is 0 Å². The molecular formula is C23H36O3. The molecule has 3 heteroatoms. The number of epoxide rings is 1. The Morgan fingerprint density at radius 3 is 2.58 bits per heavy atom. The van der Waals surface area contributed by atoms with Gasteiger partial charge < -0.3 is 14.6 Å². The van der Waals surface area contributed by atoms with Crippen LogP contribution in [0.5, 0.6) is 0 Å². The minimum Gasteiger partial charge on any atom is -0.396 e. The molecule has 11 atom stereocenters. The van der Waals surface area contributed by atoms with E-state index >= 15 is 0 Å². The zero-order valence-corrected chi connectivity index (χ0v) is 17.0. The van der Waals surface area contributed by atoms with E-state index in [0.29, 0.717) is 23.0 Å². The Morgan fingerprint density at radius 1 is 1.12 bits per heavy atom. The Kier molecular flexibility index (Phi) is 3.04. The summed E-state index contributed by atoms with van der Waals surface area (Å²) in [4.78, 5) is 0. The molecule has 0 aromatic rings. The van der Waals surface area contributed by atoms with Crippen LogP contribution >= 0.6 is 0 Å². The standard InChI is InChI=1S/C23H36O3/c1-13(12-24)23-19(26-23)10-17-15-9-18(25-4)22-11-14(22)5-7-20(22,2)16(15)6-8-21(17,23)3/h13-19,24H,5-12H2,1-4H3/t13-,14-,15-,16+,17+,18-,19-,20-,21+,22+,23-/m1/s1. The molecule has 0 bridgehead atoms. The number of rotatable bonds is 3. The minimum atomic E-state index is -0.0339. The molecule has 3 nitrogen and oxygen atoms in total. The molecule has 1 N–H and O–H groups in total. The molecule has 1 heterocycles. The second-order valence-corrected chi connectivity index (χ2v) is 11.4. The summed E-state index contributed by atoms with van der Waals surface area (Å²) in [6.07, 6.45) is 10.4. The van der Waals surface area contributed by atoms with Crippen molar-refractivity contribution in [3.63, 3.8) is 0 Å². The molecule has 26 heavy (non-hydrogen) atoms. The fourth-order valence-corrected chi connectivity index (χ4v) is 10.1. The van der Waals surface area contributed by atoms with Crippen LogP contribution in [0.3, 0.4) is 0 Å². The molecular weight excluding hydrogens is 324 g/mol. The van der Waals surface area contributed by atoms with Gasteiger partial charge in [0.1, 0.15) is 5.60 Å². The van der Waals surface area contributed by atoms with Crippen LogP contribution in [0, 0.1) is 45.8 Å². The van der Waals surface area contributed by atoms with Crippen molar-refractivity contribution >= 4 is 0 Å². The molecule has 1 saturated heterocycles. The number of fused-ring (bicyclic) bond motifs is 6. The van der Waals surface area contributed by atoms with Gasteiger partial charge in [-0.05, 0) is 74.0 Å². The Hall–Kier alpha value is -0.120. The summed E-state index contributed by atoms with van der Waals surface area (Å²) in [5.74, 6) is 3.67. The zero-order chi connectivity index (χ0) is 18.1. The van der Waals surface area contributed by atoms with Crippen molar-refractivity contribution in [2.75, 3.05) is 13.7 Å². The summed E-state index contributed by atoms with van der Waals surface area (Å²) in [5, 5.41) is 9.91. The normalized spacial score (nSPS) is 65.4. The lowest BCUT2D eigenvalue weighted by Crippen LogP contribution is -2.58. The number of hydrogen-bond acceptors (Lipinski definition) is 3. The summed E-state index contributed by atoms with van der Waals surface area (Å²) in [6, 6.07) is 0. The molecule has 0 aromatic heterocycles. The fraction of sp³-hybridized carbons (Fsp3) is 1.00. The maximum Gasteiger partial charge on any atom is 0.105 e. The fourth-order valence-electron chi connectivity index (χ4n) is 10.1. The summed E-state index contributed by atoms with van der Waals surface area (Å²) in [7, 11) is 1.97. The van der Waals surface area contributed by atoms with E-state index in [1.54, 1.807) is 0 Å². The topological polar surface area (TPSA) is 42.0 Å². The van der Waals surface area contributed by atoms with Crippen molar-refractivity contribution < 1.29 is 14.6 Å². The van der Waals surface area contributed by atoms with Gasteiger partial charge in [-0.15, -0.1) is 0 Å². The first-order valence-corrected chi connectivity index (χ1v) is 11.2. The molecule has 146 valence electrons. The van der Waals surface area contributed by atoms with Crippen LogP contribution in [-0.4, -0.2) is 36.6 Å². The van der Waals surface area contributed by atoms with E-state index in [0.717, 1.165) is 23.7 Å². The number of methoxy groups -OCH3 is 1. The van der Waals surface area contributed by atoms with Gasteiger partial charge in [-0.2, -0.15) is 0 Å². The highest BCUT2D eigenvalue weighted by atomic mass is 16.6. The smallest absolute Gasteiger partial charge is 0.105 e. The Bertz CT molecular complexity index is 649. The summed E-state index contributed by atoms with van der Waals surface area (Å²) in [6.45, 7) is 7.62. The van der Waals surface area contributed by atoms with E-state index in [2.05, 4.69) is 20.8 Å². The molecule has 5 saturated carbocycles. The van der Waals surface area contributed by atoms with Gasteiger partial charge in [0.15, 0.2) is 0 Å². The maximum atomic E-state index is 9.91. The van der Waals surface area contributed by atoms with Crippen LogP contribution in [0.4, 0.5) is 0 Å². The Morgan fingerprint density at radius 2 is 1.88 bits per heavy atom. The van der Waals surface area contributed by atoms with Crippen LogP contribution in [0.2, 0.25) is 0 Å². The predicted molar refractivity (Wildman–Crippen MR) is 99.6 cm³/mol. The Labute approximate surface area is 158 Å². The molecule has 1 spiro atoms. The number of ether oxygens (including phenoxy) is 2. The van der Waals surface area contributed by atoms with E-state index in [1.807, 2.05) is 7.11 Å². The second kappa shape index (κ2) is 4.71. The quantitative estimate of drug-likeness (QED) is 0.773. The molecule has 6 aliphatic rings. The average Bonchev–Trinajstić information content (AvgIpc) is 3.50. The van der Waals surface area contributed by atoms with E-state index in [4.69, 9.17) is 9.47 Å².